The minimum Gasteiger partial charge on any atom is -0.493 e. The lowest BCUT2D eigenvalue weighted by Gasteiger charge is -2.13. The molecule has 0 saturated heterocycles. The molecule has 0 unspecified atom stereocenters. The standard InChI is InChI=1S/C24H17Br2N3O5/c1-33-22-10-16(21(26)12-23(22)34-14-15-5-7-18(25)8-6-15)9-17(13-27)24(30)28-19-3-2-4-20(11-19)29(31)32/h2-12H,14H2,1H3,(H,28,30)/b17-9+. The van der Waals surface area contributed by atoms with E-state index in [0.29, 0.717) is 28.1 Å². The zero-order valence-electron chi connectivity index (χ0n) is 17.7. The largest absolute Gasteiger partial charge is 0.493 e. The predicted molar refractivity (Wildman–Crippen MR) is 134 cm³/mol. The third-order valence-electron chi connectivity index (χ3n) is 4.57. The van der Waals surface area contributed by atoms with Gasteiger partial charge in [0.1, 0.15) is 18.2 Å². The Morgan fingerprint density at radius 1 is 1.15 bits per heavy atom. The summed E-state index contributed by atoms with van der Waals surface area (Å²) in [4.78, 5) is 23.0. The summed E-state index contributed by atoms with van der Waals surface area (Å²) in [5.41, 5.74) is 1.31. The van der Waals surface area contributed by atoms with Gasteiger partial charge in [-0.15, -0.1) is 0 Å². The molecule has 0 fully saturated rings. The molecule has 0 aliphatic heterocycles. The Morgan fingerprint density at radius 3 is 2.53 bits per heavy atom. The van der Waals surface area contributed by atoms with Gasteiger partial charge in [0.25, 0.3) is 11.6 Å². The van der Waals surface area contributed by atoms with Gasteiger partial charge in [0.2, 0.25) is 0 Å². The van der Waals surface area contributed by atoms with Gasteiger partial charge in [-0.2, -0.15) is 5.26 Å². The van der Waals surface area contributed by atoms with Gasteiger partial charge in [0.05, 0.1) is 12.0 Å². The number of hydrogen-bond donors (Lipinski definition) is 1. The molecule has 0 aliphatic rings. The van der Waals surface area contributed by atoms with Crippen LogP contribution in [-0.2, 0) is 11.4 Å². The summed E-state index contributed by atoms with van der Waals surface area (Å²) in [6, 6.07) is 18.3. The third-order valence-corrected chi connectivity index (χ3v) is 5.79. The van der Waals surface area contributed by atoms with Crippen LogP contribution in [0.15, 0.2) is 75.2 Å². The lowest BCUT2D eigenvalue weighted by atomic mass is 10.1. The van der Waals surface area contributed by atoms with E-state index in [9.17, 15) is 20.2 Å². The molecule has 0 heterocycles. The zero-order chi connectivity index (χ0) is 24.7. The Morgan fingerprint density at radius 2 is 1.88 bits per heavy atom. The number of anilines is 1. The lowest BCUT2D eigenvalue weighted by Crippen LogP contribution is -2.13. The molecule has 1 N–H and O–H groups in total. The molecule has 3 rings (SSSR count). The van der Waals surface area contributed by atoms with Crippen molar-refractivity contribution in [2.75, 3.05) is 12.4 Å². The molecule has 3 aromatic carbocycles. The van der Waals surface area contributed by atoms with Crippen molar-refractivity contribution in [3.63, 3.8) is 0 Å². The van der Waals surface area contributed by atoms with Crippen molar-refractivity contribution < 1.29 is 19.2 Å². The Bertz CT molecular complexity index is 1300. The van der Waals surface area contributed by atoms with Crippen molar-refractivity contribution in [2.45, 2.75) is 6.61 Å². The maximum atomic E-state index is 12.6. The van der Waals surface area contributed by atoms with E-state index in [2.05, 4.69) is 37.2 Å². The van der Waals surface area contributed by atoms with Crippen LogP contribution in [0.5, 0.6) is 11.5 Å². The quantitative estimate of drug-likeness (QED) is 0.144. The molecule has 172 valence electrons. The van der Waals surface area contributed by atoms with Crippen molar-refractivity contribution in [1.29, 1.82) is 5.26 Å². The normalized spacial score (nSPS) is 10.8. The maximum Gasteiger partial charge on any atom is 0.271 e. The number of methoxy groups -OCH3 is 1. The van der Waals surface area contributed by atoms with Gasteiger partial charge in [-0.25, -0.2) is 0 Å². The fraction of sp³-hybridized carbons (Fsp3) is 0.0833. The van der Waals surface area contributed by atoms with Crippen LogP contribution in [0.3, 0.4) is 0 Å². The van der Waals surface area contributed by atoms with E-state index in [-0.39, 0.29) is 16.9 Å². The summed E-state index contributed by atoms with van der Waals surface area (Å²) in [5.74, 6) is 0.196. The summed E-state index contributed by atoms with van der Waals surface area (Å²) >= 11 is 6.84. The topological polar surface area (TPSA) is 114 Å². The maximum absolute atomic E-state index is 12.6. The second kappa shape index (κ2) is 11.4. The summed E-state index contributed by atoms with van der Waals surface area (Å²) in [5, 5.41) is 23.0. The zero-order valence-corrected chi connectivity index (χ0v) is 20.9. The van der Waals surface area contributed by atoms with E-state index >= 15 is 0 Å². The molecular weight excluding hydrogens is 570 g/mol. The van der Waals surface area contributed by atoms with Crippen LogP contribution in [-0.4, -0.2) is 17.9 Å². The van der Waals surface area contributed by atoms with E-state index in [1.54, 1.807) is 12.1 Å². The van der Waals surface area contributed by atoms with E-state index in [0.717, 1.165) is 10.0 Å². The van der Waals surface area contributed by atoms with Gasteiger partial charge in [-0.3, -0.25) is 14.9 Å². The minimum atomic E-state index is -0.704. The first-order valence-corrected chi connectivity index (χ1v) is 11.3. The van der Waals surface area contributed by atoms with Crippen LogP contribution in [0.2, 0.25) is 0 Å². The number of benzene rings is 3. The molecule has 0 atom stereocenters. The average Bonchev–Trinajstić information content (AvgIpc) is 2.83. The first-order valence-electron chi connectivity index (χ1n) is 9.73. The number of amides is 1. The smallest absolute Gasteiger partial charge is 0.271 e. The highest BCUT2D eigenvalue weighted by atomic mass is 79.9. The van der Waals surface area contributed by atoms with Crippen LogP contribution >= 0.6 is 31.9 Å². The van der Waals surface area contributed by atoms with Gasteiger partial charge in [-0.05, 0) is 47.5 Å². The van der Waals surface area contributed by atoms with E-state index in [4.69, 9.17) is 9.47 Å². The molecule has 0 radical (unpaired) electrons. The van der Waals surface area contributed by atoms with Gasteiger partial charge >= 0.3 is 0 Å². The number of nitrogens with one attached hydrogen (secondary N) is 1. The minimum absolute atomic E-state index is 0.175. The van der Waals surface area contributed by atoms with Crippen LogP contribution in [0.1, 0.15) is 11.1 Å². The number of carbonyl (C=O) groups is 1. The van der Waals surface area contributed by atoms with Gasteiger partial charge in [0, 0.05) is 26.8 Å². The fourth-order valence-corrected chi connectivity index (χ4v) is 3.58. The highest BCUT2D eigenvalue weighted by Gasteiger charge is 2.15. The number of nitro groups is 1. The molecule has 10 heteroatoms. The van der Waals surface area contributed by atoms with Crippen molar-refractivity contribution >= 4 is 55.2 Å². The average molecular weight is 587 g/mol. The van der Waals surface area contributed by atoms with Crippen LogP contribution < -0.4 is 14.8 Å². The van der Waals surface area contributed by atoms with Crippen molar-refractivity contribution in [2.24, 2.45) is 0 Å². The summed E-state index contributed by atoms with van der Waals surface area (Å²) in [6.45, 7) is 0.320. The predicted octanol–water partition coefficient (Wildman–Crippen LogP) is 6.25. The van der Waals surface area contributed by atoms with Gasteiger partial charge in [-0.1, -0.05) is 50.1 Å². The molecule has 1 amide bonds. The van der Waals surface area contributed by atoms with Gasteiger partial charge < -0.3 is 14.8 Å². The molecule has 0 aromatic heterocycles. The van der Waals surface area contributed by atoms with E-state index < -0.39 is 10.8 Å². The van der Waals surface area contributed by atoms with Crippen LogP contribution in [0.4, 0.5) is 11.4 Å². The van der Waals surface area contributed by atoms with E-state index in [1.807, 2.05) is 30.3 Å². The molecule has 3 aromatic rings. The molecular formula is C24H17Br2N3O5. The van der Waals surface area contributed by atoms with Crippen molar-refractivity contribution in [3.8, 4) is 17.6 Å². The Balaban J connectivity index is 1.81. The number of carbonyl (C=O) groups excluding carboxylic acids is 1. The number of nitro benzene ring substituents is 1. The lowest BCUT2D eigenvalue weighted by molar-refractivity contribution is -0.384. The number of hydrogen-bond acceptors (Lipinski definition) is 6. The molecule has 8 nitrogen and oxygen atoms in total. The number of non-ortho nitro benzene ring substituents is 1. The second-order valence-electron chi connectivity index (χ2n) is 6.87. The van der Waals surface area contributed by atoms with Crippen LogP contribution in [0, 0.1) is 21.4 Å². The van der Waals surface area contributed by atoms with E-state index in [1.165, 1.54) is 37.5 Å². The number of nitrogens with zero attached hydrogens (tertiary/aromatic N) is 2. The number of halogens is 2. The third kappa shape index (κ3) is 6.43. The molecule has 0 saturated carbocycles. The molecule has 0 bridgehead atoms. The number of rotatable bonds is 8. The number of nitriles is 1. The molecule has 34 heavy (non-hydrogen) atoms. The van der Waals surface area contributed by atoms with Crippen molar-refractivity contribution in [3.05, 3.63) is 96.4 Å². The summed E-state index contributed by atoms with van der Waals surface area (Å²) in [6.07, 6.45) is 1.39. The highest BCUT2D eigenvalue weighted by molar-refractivity contribution is 9.10. The monoisotopic (exact) mass is 585 g/mol. The molecule has 0 aliphatic carbocycles. The summed E-state index contributed by atoms with van der Waals surface area (Å²) in [7, 11) is 1.49. The Hall–Kier alpha value is -3.68. The fourth-order valence-electron chi connectivity index (χ4n) is 2.88. The number of ether oxygens (including phenoxy) is 2. The SMILES string of the molecule is COc1cc(/C=C(\C#N)C(=O)Nc2cccc([N+](=O)[O-])c2)c(Br)cc1OCc1ccc(Br)cc1. The second-order valence-corrected chi connectivity index (χ2v) is 8.64. The summed E-state index contributed by atoms with van der Waals surface area (Å²) < 4.78 is 12.9. The first-order chi connectivity index (χ1) is 16.3. The van der Waals surface area contributed by atoms with Crippen molar-refractivity contribution in [1.82, 2.24) is 0 Å². The Labute approximate surface area is 212 Å². The van der Waals surface area contributed by atoms with Crippen LogP contribution in [0.25, 0.3) is 6.08 Å². The van der Waals surface area contributed by atoms with Gasteiger partial charge in [0.15, 0.2) is 11.5 Å². The molecule has 0 spiro atoms. The first kappa shape index (κ1) is 25.0. The highest BCUT2D eigenvalue weighted by Crippen LogP contribution is 2.35. The Kier molecular flexibility index (Phi) is 8.40.